The predicted octanol–water partition coefficient (Wildman–Crippen LogP) is 0.992. The molecule has 0 amide bonds. The number of ether oxygens (including phenoxy) is 1. The van der Waals surface area contributed by atoms with Crippen molar-refractivity contribution in [2.45, 2.75) is 32.4 Å². The first-order valence-corrected chi connectivity index (χ1v) is 6.16. The van der Waals surface area contributed by atoms with Crippen LogP contribution in [-0.2, 0) is 31.4 Å². The monoisotopic (exact) mass is 221 g/mol. The molecular weight excluding hydrogens is 202 g/mol. The molecule has 1 aromatic rings. The quantitative estimate of drug-likeness (QED) is 0.824. The number of aromatic nitrogens is 2. The summed E-state index contributed by atoms with van der Waals surface area (Å²) in [6.45, 7) is 3.61. The molecule has 0 radical (unpaired) electrons. The van der Waals surface area contributed by atoms with Crippen molar-refractivity contribution in [2.75, 3.05) is 13.2 Å². The van der Waals surface area contributed by atoms with Crippen molar-refractivity contribution >= 4 is 0 Å². The van der Waals surface area contributed by atoms with E-state index in [1.165, 1.54) is 24.1 Å². The number of hydrogen-bond donors (Lipinski definition) is 1. The van der Waals surface area contributed by atoms with Gasteiger partial charge in [-0.05, 0) is 18.8 Å². The van der Waals surface area contributed by atoms with Crippen molar-refractivity contribution in [1.82, 2.24) is 15.1 Å². The highest BCUT2D eigenvalue weighted by atomic mass is 16.5. The standard InChI is InChI=1S/C12H19N3O/c1-15-12-4-5-13-6-10(12)11(14-15)8-16-7-9-2-3-9/h9,13H,2-8H2,1H3. The molecule has 0 unspecified atom stereocenters. The summed E-state index contributed by atoms with van der Waals surface area (Å²) in [4.78, 5) is 0. The van der Waals surface area contributed by atoms with Crippen LogP contribution in [0.2, 0.25) is 0 Å². The highest BCUT2D eigenvalue weighted by molar-refractivity contribution is 5.28. The van der Waals surface area contributed by atoms with Gasteiger partial charge in [-0.25, -0.2) is 0 Å². The SMILES string of the molecule is Cn1nc(COCC2CC2)c2c1CCNC2. The summed E-state index contributed by atoms with van der Waals surface area (Å²) in [5, 5.41) is 7.96. The van der Waals surface area contributed by atoms with Crippen LogP contribution in [0.3, 0.4) is 0 Å². The third kappa shape index (κ3) is 1.99. The molecule has 0 aromatic carbocycles. The first-order valence-electron chi connectivity index (χ1n) is 6.16. The van der Waals surface area contributed by atoms with Crippen LogP contribution in [0.5, 0.6) is 0 Å². The molecule has 0 bridgehead atoms. The van der Waals surface area contributed by atoms with Gasteiger partial charge in [-0.2, -0.15) is 5.10 Å². The fourth-order valence-corrected chi connectivity index (χ4v) is 2.32. The second kappa shape index (κ2) is 4.18. The van der Waals surface area contributed by atoms with Crippen LogP contribution >= 0.6 is 0 Å². The molecule has 3 rings (SSSR count). The third-order valence-electron chi connectivity index (χ3n) is 3.49. The number of fused-ring (bicyclic) bond motifs is 1. The van der Waals surface area contributed by atoms with Crippen LogP contribution in [0.4, 0.5) is 0 Å². The zero-order chi connectivity index (χ0) is 11.0. The predicted molar refractivity (Wildman–Crippen MR) is 61.0 cm³/mol. The van der Waals surface area contributed by atoms with E-state index in [0.29, 0.717) is 6.61 Å². The summed E-state index contributed by atoms with van der Waals surface area (Å²) in [7, 11) is 2.04. The fourth-order valence-electron chi connectivity index (χ4n) is 2.32. The Hall–Kier alpha value is -0.870. The van der Waals surface area contributed by atoms with Gasteiger partial charge in [0.15, 0.2) is 0 Å². The van der Waals surface area contributed by atoms with E-state index in [1.807, 2.05) is 11.7 Å². The normalized spacial score (nSPS) is 19.8. The van der Waals surface area contributed by atoms with E-state index in [1.54, 1.807) is 0 Å². The lowest BCUT2D eigenvalue weighted by Gasteiger charge is -2.14. The molecule has 0 atom stereocenters. The Labute approximate surface area is 96.0 Å². The number of nitrogens with one attached hydrogen (secondary N) is 1. The molecule has 1 saturated carbocycles. The molecule has 1 N–H and O–H groups in total. The topological polar surface area (TPSA) is 39.1 Å². The number of rotatable bonds is 4. The van der Waals surface area contributed by atoms with Gasteiger partial charge in [-0.3, -0.25) is 4.68 Å². The van der Waals surface area contributed by atoms with E-state index < -0.39 is 0 Å². The van der Waals surface area contributed by atoms with E-state index >= 15 is 0 Å². The Morgan fingerprint density at radius 2 is 2.38 bits per heavy atom. The molecule has 4 nitrogen and oxygen atoms in total. The molecule has 88 valence electrons. The third-order valence-corrected chi connectivity index (χ3v) is 3.49. The van der Waals surface area contributed by atoms with Crippen molar-refractivity contribution in [2.24, 2.45) is 13.0 Å². The molecule has 2 heterocycles. The molecule has 1 aromatic heterocycles. The average Bonchev–Trinajstić information content (AvgIpc) is 3.06. The highest BCUT2D eigenvalue weighted by Crippen LogP contribution is 2.29. The minimum atomic E-state index is 0.682. The number of aryl methyl sites for hydroxylation is 1. The van der Waals surface area contributed by atoms with Crippen LogP contribution in [0, 0.1) is 5.92 Å². The Bertz CT molecular complexity index is 382. The lowest BCUT2D eigenvalue weighted by Crippen LogP contribution is -2.24. The van der Waals surface area contributed by atoms with E-state index in [-0.39, 0.29) is 0 Å². The Morgan fingerprint density at radius 1 is 1.50 bits per heavy atom. The summed E-state index contributed by atoms with van der Waals surface area (Å²) in [5.41, 5.74) is 3.87. The minimum Gasteiger partial charge on any atom is -0.375 e. The van der Waals surface area contributed by atoms with Crippen molar-refractivity contribution < 1.29 is 4.74 Å². The molecule has 1 aliphatic heterocycles. The minimum absolute atomic E-state index is 0.682. The molecule has 1 aliphatic carbocycles. The summed E-state index contributed by atoms with van der Waals surface area (Å²) in [6, 6.07) is 0. The van der Waals surface area contributed by atoms with Crippen molar-refractivity contribution in [1.29, 1.82) is 0 Å². The zero-order valence-corrected chi connectivity index (χ0v) is 9.83. The van der Waals surface area contributed by atoms with E-state index in [2.05, 4.69) is 10.4 Å². The molecule has 0 saturated heterocycles. The van der Waals surface area contributed by atoms with Gasteiger partial charge in [-0.15, -0.1) is 0 Å². The van der Waals surface area contributed by atoms with Gasteiger partial charge in [0.05, 0.1) is 12.3 Å². The van der Waals surface area contributed by atoms with Crippen molar-refractivity contribution in [3.05, 3.63) is 17.0 Å². The lowest BCUT2D eigenvalue weighted by atomic mass is 10.1. The van der Waals surface area contributed by atoms with Crippen molar-refractivity contribution in [3.63, 3.8) is 0 Å². The maximum Gasteiger partial charge on any atom is 0.0929 e. The number of nitrogens with zero attached hydrogens (tertiary/aromatic N) is 2. The van der Waals surface area contributed by atoms with Gasteiger partial charge in [-0.1, -0.05) is 0 Å². The summed E-state index contributed by atoms with van der Waals surface area (Å²) in [5.74, 6) is 0.831. The van der Waals surface area contributed by atoms with Gasteiger partial charge < -0.3 is 10.1 Å². The van der Waals surface area contributed by atoms with Crippen LogP contribution in [-0.4, -0.2) is 22.9 Å². The van der Waals surface area contributed by atoms with Gasteiger partial charge in [0, 0.05) is 44.4 Å². The van der Waals surface area contributed by atoms with Crippen molar-refractivity contribution in [3.8, 4) is 0 Å². The van der Waals surface area contributed by atoms with Crippen LogP contribution < -0.4 is 5.32 Å². The van der Waals surface area contributed by atoms with Gasteiger partial charge in [0.25, 0.3) is 0 Å². The molecule has 0 spiro atoms. The summed E-state index contributed by atoms with van der Waals surface area (Å²) < 4.78 is 7.74. The van der Waals surface area contributed by atoms with Crippen LogP contribution in [0.25, 0.3) is 0 Å². The zero-order valence-electron chi connectivity index (χ0n) is 9.83. The smallest absolute Gasteiger partial charge is 0.0929 e. The second-order valence-electron chi connectivity index (χ2n) is 4.88. The maximum atomic E-state index is 5.72. The molecule has 4 heteroatoms. The van der Waals surface area contributed by atoms with Gasteiger partial charge >= 0.3 is 0 Å². The fraction of sp³-hybridized carbons (Fsp3) is 0.750. The summed E-state index contributed by atoms with van der Waals surface area (Å²) >= 11 is 0. The first kappa shape index (κ1) is 10.3. The molecule has 16 heavy (non-hydrogen) atoms. The molecule has 2 aliphatic rings. The maximum absolute atomic E-state index is 5.72. The Balaban J connectivity index is 1.68. The largest absolute Gasteiger partial charge is 0.375 e. The number of hydrogen-bond acceptors (Lipinski definition) is 3. The van der Waals surface area contributed by atoms with Gasteiger partial charge in [0.1, 0.15) is 0 Å². The molecular formula is C12H19N3O. The average molecular weight is 221 g/mol. The Morgan fingerprint density at radius 3 is 3.19 bits per heavy atom. The first-order chi connectivity index (χ1) is 7.84. The summed E-state index contributed by atoms with van der Waals surface area (Å²) in [6.07, 6.45) is 3.78. The van der Waals surface area contributed by atoms with E-state index in [9.17, 15) is 0 Å². The van der Waals surface area contributed by atoms with E-state index in [0.717, 1.165) is 37.7 Å². The molecule has 1 fully saturated rings. The lowest BCUT2D eigenvalue weighted by molar-refractivity contribution is 0.108. The Kier molecular flexibility index (Phi) is 2.69. The second-order valence-corrected chi connectivity index (χ2v) is 4.88. The van der Waals surface area contributed by atoms with Crippen LogP contribution in [0.1, 0.15) is 29.8 Å². The highest BCUT2D eigenvalue weighted by Gasteiger charge is 2.23. The van der Waals surface area contributed by atoms with E-state index in [4.69, 9.17) is 4.74 Å². The van der Waals surface area contributed by atoms with Gasteiger partial charge in [0.2, 0.25) is 0 Å². The van der Waals surface area contributed by atoms with Crippen LogP contribution in [0.15, 0.2) is 0 Å².